The monoisotopic (exact) mass is 381 g/mol. The summed E-state index contributed by atoms with van der Waals surface area (Å²) in [5, 5.41) is 6.47. The van der Waals surface area contributed by atoms with Crippen LogP contribution in [0.1, 0.15) is 25.3 Å². The smallest absolute Gasteiger partial charge is 0.223 e. The molecule has 1 atom stereocenters. The van der Waals surface area contributed by atoms with Crippen LogP contribution in [0.15, 0.2) is 28.7 Å². The lowest BCUT2D eigenvalue weighted by atomic mass is 9.96. The maximum absolute atomic E-state index is 12.4. The average molecular weight is 382 g/mol. The lowest BCUT2D eigenvalue weighted by molar-refractivity contribution is -0.125. The number of nitrogens with one attached hydrogen (secondary N) is 2. The molecule has 1 aromatic carbocycles. The molecule has 1 aromatic rings. The minimum atomic E-state index is 0.0490. The van der Waals surface area contributed by atoms with Gasteiger partial charge in [0.15, 0.2) is 0 Å². The van der Waals surface area contributed by atoms with E-state index < -0.39 is 0 Å². The van der Waals surface area contributed by atoms with Gasteiger partial charge in [-0.05, 0) is 37.4 Å². The van der Waals surface area contributed by atoms with Gasteiger partial charge in [0.2, 0.25) is 5.91 Å². The lowest BCUT2D eigenvalue weighted by Crippen LogP contribution is -2.44. The molecule has 23 heavy (non-hydrogen) atoms. The van der Waals surface area contributed by atoms with Gasteiger partial charge in [0.05, 0.1) is 0 Å². The molecule has 1 unspecified atom stereocenters. The van der Waals surface area contributed by atoms with Crippen molar-refractivity contribution in [2.45, 2.75) is 26.2 Å². The predicted molar refractivity (Wildman–Crippen MR) is 98.6 cm³/mol. The van der Waals surface area contributed by atoms with E-state index in [4.69, 9.17) is 0 Å². The summed E-state index contributed by atoms with van der Waals surface area (Å²) in [5.74, 6) is 0.233. The highest BCUT2D eigenvalue weighted by Gasteiger charge is 2.17. The molecule has 0 radical (unpaired) electrons. The van der Waals surface area contributed by atoms with E-state index in [0.717, 1.165) is 63.0 Å². The molecule has 1 heterocycles. The molecular formula is C18H28BrN3O. The molecule has 0 aliphatic carbocycles. The first-order chi connectivity index (χ1) is 11.2. The topological polar surface area (TPSA) is 44.4 Å². The summed E-state index contributed by atoms with van der Waals surface area (Å²) < 4.78 is 1.09. The van der Waals surface area contributed by atoms with Gasteiger partial charge in [0, 0.05) is 43.1 Å². The van der Waals surface area contributed by atoms with Crippen LogP contribution in [0, 0.1) is 5.92 Å². The van der Waals surface area contributed by atoms with Gasteiger partial charge in [-0.15, -0.1) is 0 Å². The molecule has 5 heteroatoms. The largest absolute Gasteiger partial charge is 0.356 e. The molecule has 2 N–H and O–H groups in total. The van der Waals surface area contributed by atoms with Gasteiger partial charge in [-0.2, -0.15) is 0 Å². The standard InChI is InChI=1S/C18H28BrN3O/c1-2-15(14-16-6-3-4-7-17(16)19)18(23)21-8-5-11-22-12-9-20-10-13-22/h3-4,6-7,15,20H,2,5,8-14H2,1H3,(H,21,23). The van der Waals surface area contributed by atoms with E-state index in [1.807, 2.05) is 18.2 Å². The zero-order valence-corrected chi connectivity index (χ0v) is 15.6. The molecule has 128 valence electrons. The first-order valence-corrected chi connectivity index (χ1v) is 9.44. The highest BCUT2D eigenvalue weighted by molar-refractivity contribution is 9.10. The van der Waals surface area contributed by atoms with Gasteiger partial charge in [-0.1, -0.05) is 41.1 Å². The third kappa shape index (κ3) is 6.24. The van der Waals surface area contributed by atoms with Crippen molar-refractivity contribution >= 4 is 21.8 Å². The minimum absolute atomic E-state index is 0.0490. The summed E-state index contributed by atoms with van der Waals surface area (Å²) in [7, 11) is 0. The molecule has 0 saturated carbocycles. The molecule has 0 spiro atoms. The molecule has 1 fully saturated rings. The van der Waals surface area contributed by atoms with Crippen molar-refractivity contribution in [1.82, 2.24) is 15.5 Å². The van der Waals surface area contributed by atoms with Crippen LogP contribution in [0.5, 0.6) is 0 Å². The van der Waals surface area contributed by atoms with Crippen LogP contribution in [-0.2, 0) is 11.2 Å². The number of amides is 1. The number of carbonyl (C=O) groups excluding carboxylic acids is 1. The Balaban J connectivity index is 1.71. The second kappa shape index (κ2) is 10.1. The fraction of sp³-hybridized carbons (Fsp3) is 0.611. The van der Waals surface area contributed by atoms with E-state index in [0.29, 0.717) is 0 Å². The molecule has 0 bridgehead atoms. The van der Waals surface area contributed by atoms with Gasteiger partial charge in [0.25, 0.3) is 0 Å². The van der Waals surface area contributed by atoms with Crippen molar-refractivity contribution in [3.05, 3.63) is 34.3 Å². The van der Waals surface area contributed by atoms with E-state index in [-0.39, 0.29) is 11.8 Å². The van der Waals surface area contributed by atoms with Crippen molar-refractivity contribution in [2.75, 3.05) is 39.3 Å². The van der Waals surface area contributed by atoms with Crippen LogP contribution in [0.4, 0.5) is 0 Å². The predicted octanol–water partition coefficient (Wildman–Crippen LogP) is 2.43. The second-order valence-electron chi connectivity index (χ2n) is 6.14. The third-order valence-corrected chi connectivity index (χ3v) is 5.22. The molecule has 4 nitrogen and oxygen atoms in total. The molecule has 1 saturated heterocycles. The minimum Gasteiger partial charge on any atom is -0.356 e. The number of carbonyl (C=O) groups is 1. The molecular weight excluding hydrogens is 354 g/mol. The van der Waals surface area contributed by atoms with Crippen LogP contribution < -0.4 is 10.6 Å². The SMILES string of the molecule is CCC(Cc1ccccc1Br)C(=O)NCCCN1CCNCC1. The van der Waals surface area contributed by atoms with Crippen LogP contribution in [0.25, 0.3) is 0 Å². The normalized spacial score (nSPS) is 17.0. The fourth-order valence-corrected chi connectivity index (χ4v) is 3.39. The Labute approximate surface area is 148 Å². The van der Waals surface area contributed by atoms with Crippen LogP contribution in [0.2, 0.25) is 0 Å². The molecule has 0 aromatic heterocycles. The van der Waals surface area contributed by atoms with Crippen molar-refractivity contribution in [3.8, 4) is 0 Å². The summed E-state index contributed by atoms with van der Waals surface area (Å²) in [6.07, 6.45) is 2.68. The van der Waals surface area contributed by atoms with Gasteiger partial charge in [-0.3, -0.25) is 4.79 Å². The van der Waals surface area contributed by atoms with Gasteiger partial charge in [-0.25, -0.2) is 0 Å². The van der Waals surface area contributed by atoms with E-state index >= 15 is 0 Å². The molecule has 1 aliphatic rings. The van der Waals surface area contributed by atoms with Crippen molar-refractivity contribution in [1.29, 1.82) is 0 Å². The van der Waals surface area contributed by atoms with Crippen molar-refractivity contribution in [3.63, 3.8) is 0 Å². The summed E-state index contributed by atoms with van der Waals surface area (Å²) in [5.41, 5.74) is 1.20. The lowest BCUT2D eigenvalue weighted by Gasteiger charge is -2.27. The Hall–Kier alpha value is -0.910. The summed E-state index contributed by atoms with van der Waals surface area (Å²) in [6, 6.07) is 8.15. The van der Waals surface area contributed by atoms with E-state index in [1.165, 1.54) is 5.56 Å². The van der Waals surface area contributed by atoms with E-state index in [1.54, 1.807) is 0 Å². The number of benzene rings is 1. The Kier molecular flexibility index (Phi) is 8.06. The quantitative estimate of drug-likeness (QED) is 0.679. The first kappa shape index (κ1) is 18.4. The zero-order valence-electron chi connectivity index (χ0n) is 14.0. The number of nitrogens with zero attached hydrogens (tertiary/aromatic N) is 1. The number of hydrogen-bond acceptors (Lipinski definition) is 3. The zero-order chi connectivity index (χ0) is 16.5. The highest BCUT2D eigenvalue weighted by atomic mass is 79.9. The van der Waals surface area contributed by atoms with Crippen LogP contribution >= 0.6 is 15.9 Å². The maximum atomic E-state index is 12.4. The fourth-order valence-electron chi connectivity index (χ4n) is 2.95. The molecule has 1 amide bonds. The van der Waals surface area contributed by atoms with E-state index in [9.17, 15) is 4.79 Å². The first-order valence-electron chi connectivity index (χ1n) is 8.65. The van der Waals surface area contributed by atoms with Crippen LogP contribution in [-0.4, -0.2) is 50.1 Å². The Bertz CT molecular complexity index is 489. The summed E-state index contributed by atoms with van der Waals surface area (Å²) >= 11 is 3.57. The maximum Gasteiger partial charge on any atom is 0.223 e. The number of piperazine rings is 1. The summed E-state index contributed by atoms with van der Waals surface area (Å²) in [4.78, 5) is 14.9. The highest BCUT2D eigenvalue weighted by Crippen LogP contribution is 2.21. The molecule has 2 rings (SSSR count). The average Bonchev–Trinajstić information content (AvgIpc) is 2.59. The number of hydrogen-bond donors (Lipinski definition) is 2. The Morgan fingerprint density at radius 1 is 1.35 bits per heavy atom. The van der Waals surface area contributed by atoms with Crippen molar-refractivity contribution < 1.29 is 4.79 Å². The number of rotatable bonds is 8. The second-order valence-corrected chi connectivity index (χ2v) is 6.99. The third-order valence-electron chi connectivity index (χ3n) is 4.45. The van der Waals surface area contributed by atoms with E-state index in [2.05, 4.69) is 44.5 Å². The van der Waals surface area contributed by atoms with Crippen LogP contribution in [0.3, 0.4) is 0 Å². The summed E-state index contributed by atoms with van der Waals surface area (Å²) in [6.45, 7) is 8.33. The van der Waals surface area contributed by atoms with Crippen molar-refractivity contribution in [2.24, 2.45) is 5.92 Å². The Morgan fingerprint density at radius 2 is 2.09 bits per heavy atom. The van der Waals surface area contributed by atoms with Gasteiger partial charge in [0.1, 0.15) is 0 Å². The van der Waals surface area contributed by atoms with Gasteiger partial charge < -0.3 is 15.5 Å². The van der Waals surface area contributed by atoms with Gasteiger partial charge >= 0.3 is 0 Å². The Morgan fingerprint density at radius 3 is 2.78 bits per heavy atom. The number of halogens is 1. The molecule has 1 aliphatic heterocycles.